The quantitative estimate of drug-likeness (QED) is 0.871. The average molecular weight is 285 g/mol. The molecular formula is C14H21ClN2O2. The molecule has 0 saturated heterocycles. The van der Waals surface area contributed by atoms with Crippen LogP contribution in [-0.2, 0) is 4.79 Å². The molecule has 0 atom stereocenters. The molecule has 4 nitrogen and oxygen atoms in total. The lowest BCUT2D eigenvalue weighted by molar-refractivity contribution is -0.138. The number of nitrogens with zero attached hydrogens (tertiary/aromatic N) is 1. The first-order chi connectivity index (χ1) is 8.88. The summed E-state index contributed by atoms with van der Waals surface area (Å²) < 4.78 is 5.55. The highest BCUT2D eigenvalue weighted by atomic mass is 35.5. The molecule has 0 unspecified atom stereocenters. The number of amides is 1. The van der Waals surface area contributed by atoms with Crippen molar-refractivity contribution in [3.63, 3.8) is 0 Å². The van der Waals surface area contributed by atoms with E-state index in [0.717, 1.165) is 0 Å². The van der Waals surface area contributed by atoms with Gasteiger partial charge in [0.2, 0.25) is 5.91 Å². The van der Waals surface area contributed by atoms with E-state index in [0.29, 0.717) is 30.5 Å². The van der Waals surface area contributed by atoms with Crippen LogP contribution in [0.2, 0.25) is 5.02 Å². The molecule has 0 aliphatic carbocycles. The van der Waals surface area contributed by atoms with Crippen molar-refractivity contribution in [1.82, 2.24) is 4.90 Å². The maximum absolute atomic E-state index is 12.1. The summed E-state index contributed by atoms with van der Waals surface area (Å²) in [7, 11) is 1.75. The van der Waals surface area contributed by atoms with E-state index >= 15 is 0 Å². The van der Waals surface area contributed by atoms with E-state index in [1.807, 2.05) is 26.0 Å². The predicted octanol–water partition coefficient (Wildman–Crippen LogP) is 2.16. The van der Waals surface area contributed by atoms with Gasteiger partial charge in [-0.25, -0.2) is 0 Å². The van der Waals surface area contributed by atoms with Gasteiger partial charge in [-0.1, -0.05) is 23.7 Å². The minimum Gasteiger partial charge on any atom is -0.490 e. The number of carbonyl (C=O) groups excluding carboxylic acids is 1. The van der Waals surface area contributed by atoms with E-state index in [-0.39, 0.29) is 5.91 Å². The Hall–Kier alpha value is -1.26. The Labute approximate surface area is 119 Å². The Morgan fingerprint density at radius 2 is 2.05 bits per heavy atom. The van der Waals surface area contributed by atoms with Crippen molar-refractivity contribution in [2.24, 2.45) is 11.1 Å². The van der Waals surface area contributed by atoms with Crippen LogP contribution in [0.1, 0.15) is 13.8 Å². The molecule has 1 rings (SSSR count). The van der Waals surface area contributed by atoms with Crippen LogP contribution >= 0.6 is 11.6 Å². The molecule has 106 valence electrons. The molecule has 0 heterocycles. The number of ether oxygens (including phenoxy) is 1. The van der Waals surface area contributed by atoms with Crippen molar-refractivity contribution in [2.75, 3.05) is 26.7 Å². The predicted molar refractivity (Wildman–Crippen MR) is 77.4 cm³/mol. The zero-order valence-corrected chi connectivity index (χ0v) is 12.4. The van der Waals surface area contributed by atoms with Gasteiger partial charge in [-0.2, -0.15) is 0 Å². The van der Waals surface area contributed by atoms with Crippen molar-refractivity contribution in [3.05, 3.63) is 29.3 Å². The number of hydrogen-bond acceptors (Lipinski definition) is 3. The van der Waals surface area contributed by atoms with Gasteiger partial charge in [0.15, 0.2) is 0 Å². The van der Waals surface area contributed by atoms with Crippen molar-refractivity contribution >= 4 is 17.5 Å². The van der Waals surface area contributed by atoms with Crippen LogP contribution in [0, 0.1) is 5.41 Å². The van der Waals surface area contributed by atoms with Crippen LogP contribution in [-0.4, -0.2) is 37.6 Å². The maximum atomic E-state index is 12.1. The van der Waals surface area contributed by atoms with Gasteiger partial charge in [-0.3, -0.25) is 4.79 Å². The van der Waals surface area contributed by atoms with E-state index in [4.69, 9.17) is 22.1 Å². The number of halogens is 1. The average Bonchev–Trinajstić information content (AvgIpc) is 2.39. The van der Waals surface area contributed by atoms with Crippen LogP contribution in [0.4, 0.5) is 0 Å². The van der Waals surface area contributed by atoms with Crippen LogP contribution in [0.5, 0.6) is 5.75 Å². The lowest BCUT2D eigenvalue weighted by atomic mass is 9.92. The lowest BCUT2D eigenvalue weighted by Crippen LogP contribution is -2.44. The molecule has 0 aliphatic heterocycles. The summed E-state index contributed by atoms with van der Waals surface area (Å²) >= 11 is 5.98. The monoisotopic (exact) mass is 284 g/mol. The standard InChI is InChI=1S/C14H21ClN2O2/c1-14(2,10-16)13(18)17(3)8-9-19-12-7-5-4-6-11(12)15/h4-7H,8-10,16H2,1-3H3. The number of hydrogen-bond donors (Lipinski definition) is 1. The van der Waals surface area contributed by atoms with Gasteiger partial charge < -0.3 is 15.4 Å². The smallest absolute Gasteiger partial charge is 0.229 e. The first-order valence-corrected chi connectivity index (χ1v) is 6.59. The third kappa shape index (κ3) is 4.40. The second-order valence-electron chi connectivity index (χ2n) is 5.09. The second-order valence-corrected chi connectivity index (χ2v) is 5.50. The van der Waals surface area contributed by atoms with Gasteiger partial charge in [0.05, 0.1) is 17.0 Å². The van der Waals surface area contributed by atoms with E-state index in [1.54, 1.807) is 24.1 Å². The number of nitrogens with two attached hydrogens (primary N) is 1. The van der Waals surface area contributed by atoms with Crippen LogP contribution in [0.3, 0.4) is 0 Å². The van der Waals surface area contributed by atoms with E-state index < -0.39 is 5.41 Å². The maximum Gasteiger partial charge on any atom is 0.229 e. The molecule has 0 fully saturated rings. The molecule has 1 aromatic rings. The fraction of sp³-hybridized carbons (Fsp3) is 0.500. The second kappa shape index (κ2) is 6.78. The first kappa shape index (κ1) is 15.8. The molecule has 19 heavy (non-hydrogen) atoms. The number of likely N-dealkylation sites (N-methyl/N-ethyl adjacent to an activating group) is 1. The van der Waals surface area contributed by atoms with Gasteiger partial charge in [-0.05, 0) is 26.0 Å². The minimum atomic E-state index is -0.543. The molecule has 0 radical (unpaired) electrons. The highest BCUT2D eigenvalue weighted by Gasteiger charge is 2.28. The third-order valence-corrected chi connectivity index (χ3v) is 3.27. The summed E-state index contributed by atoms with van der Waals surface area (Å²) in [5, 5.41) is 0.568. The van der Waals surface area contributed by atoms with Gasteiger partial charge in [-0.15, -0.1) is 0 Å². The summed E-state index contributed by atoms with van der Waals surface area (Å²) in [5.41, 5.74) is 5.05. The van der Waals surface area contributed by atoms with E-state index in [2.05, 4.69) is 0 Å². The molecule has 0 spiro atoms. The largest absolute Gasteiger partial charge is 0.490 e. The Morgan fingerprint density at radius 3 is 2.63 bits per heavy atom. The van der Waals surface area contributed by atoms with Crippen molar-refractivity contribution in [1.29, 1.82) is 0 Å². The van der Waals surface area contributed by atoms with Crippen molar-refractivity contribution < 1.29 is 9.53 Å². The topological polar surface area (TPSA) is 55.6 Å². The number of benzene rings is 1. The Bertz CT molecular complexity index is 435. The zero-order chi connectivity index (χ0) is 14.5. The van der Waals surface area contributed by atoms with E-state index in [9.17, 15) is 4.79 Å². The van der Waals surface area contributed by atoms with Crippen LogP contribution in [0.25, 0.3) is 0 Å². The third-order valence-electron chi connectivity index (χ3n) is 2.96. The normalized spacial score (nSPS) is 11.2. The molecular weight excluding hydrogens is 264 g/mol. The van der Waals surface area contributed by atoms with Gasteiger partial charge in [0.1, 0.15) is 12.4 Å². The number of para-hydroxylation sites is 1. The summed E-state index contributed by atoms with van der Waals surface area (Å²) in [5.74, 6) is 0.640. The summed E-state index contributed by atoms with van der Waals surface area (Å²) in [4.78, 5) is 13.7. The van der Waals surface area contributed by atoms with Gasteiger partial charge >= 0.3 is 0 Å². The minimum absolute atomic E-state index is 0.0118. The fourth-order valence-electron chi connectivity index (χ4n) is 1.56. The van der Waals surface area contributed by atoms with E-state index in [1.165, 1.54) is 0 Å². The molecule has 1 amide bonds. The molecule has 5 heteroatoms. The van der Waals surface area contributed by atoms with Gasteiger partial charge in [0, 0.05) is 13.6 Å². The molecule has 0 bridgehead atoms. The molecule has 0 aromatic heterocycles. The highest BCUT2D eigenvalue weighted by Crippen LogP contribution is 2.23. The molecule has 1 aromatic carbocycles. The number of carbonyl (C=O) groups is 1. The summed E-state index contributed by atoms with van der Waals surface area (Å²) in [6.07, 6.45) is 0. The zero-order valence-electron chi connectivity index (χ0n) is 11.6. The van der Waals surface area contributed by atoms with Gasteiger partial charge in [0.25, 0.3) is 0 Å². The number of rotatable bonds is 6. The molecule has 0 aliphatic rings. The fourth-order valence-corrected chi connectivity index (χ4v) is 1.75. The molecule has 0 saturated carbocycles. The van der Waals surface area contributed by atoms with Crippen LogP contribution in [0.15, 0.2) is 24.3 Å². The first-order valence-electron chi connectivity index (χ1n) is 6.21. The Balaban J connectivity index is 2.46. The van der Waals surface area contributed by atoms with Crippen LogP contribution < -0.4 is 10.5 Å². The SMILES string of the molecule is CN(CCOc1ccccc1Cl)C(=O)C(C)(C)CN. The summed E-state index contributed by atoms with van der Waals surface area (Å²) in [6.45, 7) is 4.88. The Kier molecular flexibility index (Phi) is 5.63. The highest BCUT2D eigenvalue weighted by molar-refractivity contribution is 6.32. The Morgan fingerprint density at radius 1 is 1.42 bits per heavy atom. The van der Waals surface area contributed by atoms with Crippen molar-refractivity contribution in [2.45, 2.75) is 13.8 Å². The summed E-state index contributed by atoms with van der Waals surface area (Å²) in [6, 6.07) is 7.26. The lowest BCUT2D eigenvalue weighted by Gasteiger charge is -2.28. The molecule has 2 N–H and O–H groups in total. The van der Waals surface area contributed by atoms with Crippen molar-refractivity contribution in [3.8, 4) is 5.75 Å².